The van der Waals surface area contributed by atoms with E-state index in [2.05, 4.69) is 27.9 Å². The monoisotopic (exact) mass is 469 g/mol. The SMILES string of the molecule is CCCCN=C(NCC)OCC.CCOC(=NC1CCCCC1)NC1CCCCC1.CNC. The van der Waals surface area contributed by atoms with E-state index < -0.39 is 0 Å². The van der Waals surface area contributed by atoms with Crippen molar-refractivity contribution in [3.63, 3.8) is 0 Å². The Labute approximate surface area is 205 Å². The maximum absolute atomic E-state index is 5.69. The van der Waals surface area contributed by atoms with Gasteiger partial charge < -0.3 is 25.4 Å². The number of aliphatic imine (C=N–C) groups is 2. The summed E-state index contributed by atoms with van der Waals surface area (Å²) in [5.74, 6) is 0. The first kappa shape index (κ1) is 31.5. The zero-order valence-electron chi connectivity index (χ0n) is 22.7. The Morgan fingerprint density at radius 3 is 1.85 bits per heavy atom. The summed E-state index contributed by atoms with van der Waals surface area (Å²) in [7, 11) is 3.75. The van der Waals surface area contributed by atoms with Crippen molar-refractivity contribution in [1.82, 2.24) is 16.0 Å². The van der Waals surface area contributed by atoms with Crippen LogP contribution in [0.2, 0.25) is 0 Å². The van der Waals surface area contributed by atoms with Gasteiger partial charge in [-0.05, 0) is 67.0 Å². The van der Waals surface area contributed by atoms with Gasteiger partial charge in [0.2, 0.25) is 0 Å². The first-order valence-electron chi connectivity index (χ1n) is 13.6. The molecule has 0 unspecified atom stereocenters. The molecule has 7 heteroatoms. The molecule has 0 bridgehead atoms. The Bertz CT molecular complexity index is 465. The first-order chi connectivity index (χ1) is 16.1. The van der Waals surface area contributed by atoms with Crippen LogP contribution in [-0.2, 0) is 9.47 Å². The van der Waals surface area contributed by atoms with Crippen molar-refractivity contribution in [2.45, 2.75) is 117 Å². The van der Waals surface area contributed by atoms with Crippen molar-refractivity contribution in [2.75, 3.05) is 40.4 Å². The molecule has 0 aromatic carbocycles. The third-order valence-electron chi connectivity index (χ3n) is 5.46. The molecule has 7 nitrogen and oxygen atoms in total. The predicted molar refractivity (Wildman–Crippen MR) is 143 cm³/mol. The van der Waals surface area contributed by atoms with Gasteiger partial charge in [0.05, 0.1) is 19.3 Å². The van der Waals surface area contributed by atoms with E-state index in [0.29, 0.717) is 31.3 Å². The molecule has 0 radical (unpaired) electrons. The minimum atomic E-state index is 0.497. The lowest BCUT2D eigenvalue weighted by atomic mass is 9.95. The van der Waals surface area contributed by atoms with Crippen molar-refractivity contribution in [3.05, 3.63) is 0 Å². The fourth-order valence-corrected chi connectivity index (χ4v) is 3.83. The lowest BCUT2D eigenvalue weighted by Gasteiger charge is -2.25. The number of nitrogens with one attached hydrogen (secondary N) is 3. The largest absolute Gasteiger partial charge is 0.466 e. The fourth-order valence-electron chi connectivity index (χ4n) is 3.83. The van der Waals surface area contributed by atoms with Gasteiger partial charge in [0, 0.05) is 19.1 Å². The van der Waals surface area contributed by atoms with Crippen LogP contribution in [0.5, 0.6) is 0 Å². The average Bonchev–Trinajstić information content (AvgIpc) is 2.82. The molecule has 0 spiro atoms. The van der Waals surface area contributed by atoms with Crippen LogP contribution in [-0.4, -0.2) is 64.5 Å². The predicted octanol–water partition coefficient (Wildman–Crippen LogP) is 5.26. The van der Waals surface area contributed by atoms with E-state index >= 15 is 0 Å². The Morgan fingerprint density at radius 2 is 1.33 bits per heavy atom. The Kier molecular flexibility index (Phi) is 22.6. The van der Waals surface area contributed by atoms with Gasteiger partial charge >= 0.3 is 0 Å². The Balaban J connectivity index is 0.000000594. The van der Waals surface area contributed by atoms with Crippen LogP contribution in [0.15, 0.2) is 9.98 Å². The summed E-state index contributed by atoms with van der Waals surface area (Å²) < 4.78 is 11.0. The van der Waals surface area contributed by atoms with Crippen LogP contribution < -0.4 is 16.0 Å². The molecule has 3 N–H and O–H groups in total. The fraction of sp³-hybridized carbons (Fsp3) is 0.923. The third-order valence-corrected chi connectivity index (χ3v) is 5.46. The van der Waals surface area contributed by atoms with Crippen molar-refractivity contribution < 1.29 is 9.47 Å². The normalized spacial score (nSPS) is 17.8. The van der Waals surface area contributed by atoms with Gasteiger partial charge in [-0.3, -0.25) is 0 Å². The number of hydrogen-bond donors (Lipinski definition) is 3. The van der Waals surface area contributed by atoms with Gasteiger partial charge in [0.1, 0.15) is 0 Å². The van der Waals surface area contributed by atoms with Gasteiger partial charge in [-0.2, -0.15) is 0 Å². The second kappa shape index (κ2) is 23.7. The molecule has 0 heterocycles. The molecule has 2 saturated carbocycles. The molecule has 196 valence electrons. The van der Waals surface area contributed by atoms with Gasteiger partial charge in [-0.1, -0.05) is 51.9 Å². The number of amidine groups is 2. The van der Waals surface area contributed by atoms with E-state index in [4.69, 9.17) is 14.5 Å². The van der Waals surface area contributed by atoms with Gasteiger partial charge in [0.15, 0.2) is 0 Å². The summed E-state index contributed by atoms with van der Waals surface area (Å²) in [6.07, 6.45) is 15.5. The highest BCUT2D eigenvalue weighted by molar-refractivity contribution is 5.74. The third kappa shape index (κ3) is 18.6. The molecular weight excluding hydrogens is 414 g/mol. The summed E-state index contributed by atoms with van der Waals surface area (Å²) in [5.41, 5.74) is 0. The second-order valence-electron chi connectivity index (χ2n) is 8.64. The zero-order chi connectivity index (χ0) is 24.6. The van der Waals surface area contributed by atoms with Crippen LogP contribution >= 0.6 is 0 Å². The highest BCUT2D eigenvalue weighted by atomic mass is 16.5. The molecule has 2 aliphatic rings. The zero-order valence-corrected chi connectivity index (χ0v) is 22.7. The molecule has 2 aliphatic carbocycles. The molecule has 0 saturated heterocycles. The molecule has 0 aromatic rings. The minimum absolute atomic E-state index is 0.497. The van der Waals surface area contributed by atoms with Crippen molar-refractivity contribution in [2.24, 2.45) is 9.98 Å². The number of rotatable bonds is 8. The second-order valence-corrected chi connectivity index (χ2v) is 8.64. The summed E-state index contributed by atoms with van der Waals surface area (Å²) in [6, 6.07) is 2.59. The molecule has 0 aliphatic heterocycles. The lowest BCUT2D eigenvalue weighted by molar-refractivity contribution is 0.285. The summed E-state index contributed by atoms with van der Waals surface area (Å²) in [5, 5.41) is 9.35. The van der Waals surface area contributed by atoms with Crippen LogP contribution in [0.1, 0.15) is 105 Å². The molecule has 0 amide bonds. The van der Waals surface area contributed by atoms with E-state index in [1.54, 1.807) is 0 Å². The van der Waals surface area contributed by atoms with Crippen LogP contribution in [0.3, 0.4) is 0 Å². The van der Waals surface area contributed by atoms with Crippen molar-refractivity contribution >= 4 is 12.0 Å². The van der Waals surface area contributed by atoms with Gasteiger partial charge in [0.25, 0.3) is 12.0 Å². The van der Waals surface area contributed by atoms with Gasteiger partial charge in [-0.15, -0.1) is 0 Å². The number of hydrogen-bond acceptors (Lipinski definition) is 5. The van der Waals surface area contributed by atoms with E-state index in [9.17, 15) is 0 Å². The molecule has 2 rings (SSSR count). The smallest absolute Gasteiger partial charge is 0.285 e. The van der Waals surface area contributed by atoms with Gasteiger partial charge in [-0.25, -0.2) is 9.98 Å². The van der Waals surface area contributed by atoms with Crippen molar-refractivity contribution in [1.29, 1.82) is 0 Å². The van der Waals surface area contributed by atoms with Crippen LogP contribution in [0.4, 0.5) is 0 Å². The number of ether oxygens (including phenoxy) is 2. The van der Waals surface area contributed by atoms with Crippen molar-refractivity contribution in [3.8, 4) is 0 Å². The van der Waals surface area contributed by atoms with Crippen LogP contribution in [0.25, 0.3) is 0 Å². The highest BCUT2D eigenvalue weighted by Crippen LogP contribution is 2.21. The quantitative estimate of drug-likeness (QED) is 0.257. The average molecular weight is 470 g/mol. The molecule has 0 atom stereocenters. The van der Waals surface area contributed by atoms with E-state index in [0.717, 1.165) is 25.5 Å². The first-order valence-corrected chi connectivity index (χ1v) is 13.6. The summed E-state index contributed by atoms with van der Waals surface area (Å²) in [4.78, 5) is 9.08. The molecular formula is C26H55N5O2. The Hall–Kier alpha value is -1.50. The number of unbranched alkanes of at least 4 members (excludes halogenated alkanes) is 1. The topological polar surface area (TPSA) is 79.3 Å². The molecule has 2 fully saturated rings. The maximum atomic E-state index is 5.69. The number of nitrogens with zero attached hydrogens (tertiary/aromatic N) is 2. The molecule has 0 aromatic heterocycles. The standard InChI is InChI=1S/C15H28N2O.C9H20N2O.C2H7N/c1-2-18-15(16-13-9-5-3-6-10-13)17-14-11-7-4-8-12-14;1-4-7-8-11-9(10-5-2)12-6-3;1-3-2/h13-14H,2-12H2,1H3,(H,16,17);4-8H2,1-3H3,(H,10,11);3H,1-2H3. The summed E-state index contributed by atoms with van der Waals surface area (Å²) >= 11 is 0. The lowest BCUT2D eigenvalue weighted by Crippen LogP contribution is -2.38. The highest BCUT2D eigenvalue weighted by Gasteiger charge is 2.18. The maximum Gasteiger partial charge on any atom is 0.285 e. The van der Waals surface area contributed by atoms with Crippen LogP contribution in [0, 0.1) is 0 Å². The van der Waals surface area contributed by atoms with E-state index in [1.165, 1.54) is 70.6 Å². The minimum Gasteiger partial charge on any atom is -0.466 e. The van der Waals surface area contributed by atoms with E-state index in [1.807, 2.05) is 34.9 Å². The summed E-state index contributed by atoms with van der Waals surface area (Å²) in [6.45, 7) is 11.3. The Morgan fingerprint density at radius 1 is 0.788 bits per heavy atom. The molecule has 33 heavy (non-hydrogen) atoms. The van der Waals surface area contributed by atoms with E-state index in [-0.39, 0.29) is 0 Å².